The fourth-order valence-corrected chi connectivity index (χ4v) is 4.89. The van der Waals surface area contributed by atoms with Crippen LogP contribution in [0.4, 0.5) is 11.5 Å². The van der Waals surface area contributed by atoms with E-state index in [0.29, 0.717) is 28.9 Å². The lowest BCUT2D eigenvalue weighted by molar-refractivity contribution is 0.0197. The molecular formula is C22H26N4O4S. The predicted octanol–water partition coefficient (Wildman–Crippen LogP) is 4.65. The number of ether oxygens (including phenoxy) is 3. The normalized spacial score (nSPS) is 18.7. The lowest BCUT2D eigenvalue weighted by Crippen LogP contribution is -2.29. The number of thiophene rings is 1. The van der Waals surface area contributed by atoms with Crippen molar-refractivity contribution >= 4 is 39.0 Å². The van der Waals surface area contributed by atoms with Crippen molar-refractivity contribution in [3.8, 4) is 5.88 Å². The first kappa shape index (κ1) is 21.5. The highest BCUT2D eigenvalue weighted by molar-refractivity contribution is 7.20. The van der Waals surface area contributed by atoms with Gasteiger partial charge in [0.1, 0.15) is 33.6 Å². The van der Waals surface area contributed by atoms with Crippen LogP contribution in [0.15, 0.2) is 24.7 Å². The molecule has 164 valence electrons. The first-order valence-corrected chi connectivity index (χ1v) is 11.2. The van der Waals surface area contributed by atoms with Crippen LogP contribution in [-0.2, 0) is 9.47 Å². The van der Waals surface area contributed by atoms with E-state index < -0.39 is 0 Å². The second-order valence-corrected chi connectivity index (χ2v) is 8.42. The third-order valence-electron chi connectivity index (χ3n) is 5.40. The fraction of sp³-hybridized carbons (Fsp3) is 0.455. The van der Waals surface area contributed by atoms with E-state index >= 15 is 0 Å². The van der Waals surface area contributed by atoms with Gasteiger partial charge < -0.3 is 19.5 Å². The second-order valence-electron chi connectivity index (χ2n) is 7.42. The molecule has 1 N–H and O–H groups in total. The van der Waals surface area contributed by atoms with E-state index in [9.17, 15) is 4.79 Å². The Labute approximate surface area is 185 Å². The number of aryl methyl sites for hydroxylation is 1. The summed E-state index contributed by atoms with van der Waals surface area (Å²) in [4.78, 5) is 26.8. The average molecular weight is 443 g/mol. The molecule has 0 radical (unpaired) electrons. The maximum absolute atomic E-state index is 12.3. The topological polar surface area (TPSA) is 95.5 Å². The maximum Gasteiger partial charge on any atom is 0.348 e. The van der Waals surface area contributed by atoms with Crippen molar-refractivity contribution in [2.45, 2.75) is 51.7 Å². The van der Waals surface area contributed by atoms with Crippen molar-refractivity contribution in [3.05, 3.63) is 35.1 Å². The molecule has 0 amide bonds. The van der Waals surface area contributed by atoms with E-state index in [1.807, 2.05) is 19.1 Å². The molecule has 2 unspecified atom stereocenters. The van der Waals surface area contributed by atoms with Crippen molar-refractivity contribution in [3.63, 3.8) is 0 Å². The van der Waals surface area contributed by atoms with Gasteiger partial charge in [-0.15, -0.1) is 11.3 Å². The molecule has 0 bridgehead atoms. The first-order chi connectivity index (χ1) is 15.1. The number of esters is 1. The Hall–Kier alpha value is -2.78. The summed E-state index contributed by atoms with van der Waals surface area (Å²) >= 11 is 1.31. The smallest absolute Gasteiger partial charge is 0.348 e. The number of pyridine rings is 1. The Morgan fingerprint density at radius 1 is 1.26 bits per heavy atom. The van der Waals surface area contributed by atoms with Gasteiger partial charge in [0.25, 0.3) is 0 Å². The molecule has 3 aromatic heterocycles. The zero-order valence-corrected chi connectivity index (χ0v) is 18.7. The summed E-state index contributed by atoms with van der Waals surface area (Å²) in [7, 11) is 1.74. The van der Waals surface area contributed by atoms with E-state index in [0.717, 1.165) is 41.5 Å². The highest BCUT2D eigenvalue weighted by Crippen LogP contribution is 2.36. The Bertz CT molecular complexity index is 1070. The van der Waals surface area contributed by atoms with Crippen molar-refractivity contribution in [1.82, 2.24) is 15.0 Å². The summed E-state index contributed by atoms with van der Waals surface area (Å²) in [5.74, 6) is 0.782. The number of carbonyl (C=O) groups excluding carboxylic acids is 1. The van der Waals surface area contributed by atoms with E-state index in [4.69, 9.17) is 14.2 Å². The van der Waals surface area contributed by atoms with E-state index in [1.165, 1.54) is 17.7 Å². The number of hydrogen-bond donors (Lipinski definition) is 1. The van der Waals surface area contributed by atoms with Gasteiger partial charge in [0.05, 0.1) is 18.1 Å². The molecular weight excluding hydrogens is 416 g/mol. The van der Waals surface area contributed by atoms with E-state index in [-0.39, 0.29) is 18.2 Å². The highest BCUT2D eigenvalue weighted by atomic mass is 32.1. The molecule has 8 nitrogen and oxygen atoms in total. The van der Waals surface area contributed by atoms with Crippen LogP contribution in [0.3, 0.4) is 0 Å². The van der Waals surface area contributed by atoms with Gasteiger partial charge >= 0.3 is 5.97 Å². The molecule has 1 saturated carbocycles. The Kier molecular flexibility index (Phi) is 6.62. The zero-order chi connectivity index (χ0) is 21.8. The summed E-state index contributed by atoms with van der Waals surface area (Å²) in [5.41, 5.74) is 1.51. The summed E-state index contributed by atoms with van der Waals surface area (Å²) in [5, 5.41) is 4.13. The highest BCUT2D eigenvalue weighted by Gasteiger charge is 2.25. The molecule has 1 fully saturated rings. The number of methoxy groups -OCH3 is 1. The fourth-order valence-electron chi connectivity index (χ4n) is 3.85. The number of nitrogens with one attached hydrogen (secondary N) is 1. The maximum atomic E-state index is 12.3. The van der Waals surface area contributed by atoms with Crippen LogP contribution in [-0.4, -0.2) is 46.8 Å². The van der Waals surface area contributed by atoms with Gasteiger partial charge in [0.2, 0.25) is 5.88 Å². The molecule has 2 atom stereocenters. The van der Waals surface area contributed by atoms with Crippen LogP contribution in [0.2, 0.25) is 0 Å². The number of aromatic nitrogens is 3. The molecule has 0 saturated heterocycles. The van der Waals surface area contributed by atoms with Gasteiger partial charge in [0.15, 0.2) is 0 Å². The average Bonchev–Trinajstić information content (AvgIpc) is 3.13. The summed E-state index contributed by atoms with van der Waals surface area (Å²) < 4.78 is 16.9. The van der Waals surface area contributed by atoms with Gasteiger partial charge in [0, 0.05) is 19.7 Å². The minimum Gasteiger partial charge on any atom is -0.473 e. The lowest BCUT2D eigenvalue weighted by Gasteiger charge is -2.28. The number of hydrogen-bond acceptors (Lipinski definition) is 9. The summed E-state index contributed by atoms with van der Waals surface area (Å²) in [6, 6.07) is 3.75. The van der Waals surface area contributed by atoms with Crippen LogP contribution >= 0.6 is 11.3 Å². The summed E-state index contributed by atoms with van der Waals surface area (Å²) in [6.45, 7) is 4.00. The predicted molar refractivity (Wildman–Crippen MR) is 119 cm³/mol. The number of rotatable bonds is 7. The minimum absolute atomic E-state index is 0.0536. The van der Waals surface area contributed by atoms with Gasteiger partial charge in [-0.1, -0.05) is 0 Å². The Morgan fingerprint density at radius 2 is 2.10 bits per heavy atom. The molecule has 0 aromatic carbocycles. The van der Waals surface area contributed by atoms with Crippen molar-refractivity contribution in [2.75, 3.05) is 19.0 Å². The Balaban J connectivity index is 1.62. The minimum atomic E-state index is -0.343. The van der Waals surface area contributed by atoms with Gasteiger partial charge in [-0.05, 0) is 50.8 Å². The molecule has 0 spiro atoms. The molecule has 4 rings (SSSR count). The lowest BCUT2D eigenvalue weighted by atomic mass is 9.95. The molecule has 0 aliphatic heterocycles. The van der Waals surface area contributed by atoms with E-state index in [2.05, 4.69) is 20.3 Å². The summed E-state index contributed by atoms with van der Waals surface area (Å²) in [6.07, 6.45) is 7.40. The van der Waals surface area contributed by atoms with Crippen molar-refractivity contribution in [1.29, 1.82) is 0 Å². The monoisotopic (exact) mass is 442 g/mol. The SMILES string of the molecule is CCOC(=O)c1sc2ncnc(Nc3cccnc3OC3CCCC(OC)C3)c2c1C. The molecule has 3 aromatic rings. The van der Waals surface area contributed by atoms with Crippen LogP contribution in [0, 0.1) is 6.92 Å². The van der Waals surface area contributed by atoms with Gasteiger partial charge in [-0.25, -0.2) is 19.7 Å². The standard InChI is InChI=1S/C22H26N4O4S/c1-4-29-22(27)18-13(2)17-19(24-12-25-21(17)31-18)26-16-9-6-10-23-20(16)30-15-8-5-7-14(11-15)28-3/h6,9-10,12,14-15H,4-5,7-8,11H2,1-3H3,(H,24,25,26). The quantitative estimate of drug-likeness (QED) is 0.528. The molecule has 3 heterocycles. The molecule has 9 heteroatoms. The van der Waals surface area contributed by atoms with Crippen LogP contribution in [0.25, 0.3) is 10.2 Å². The van der Waals surface area contributed by atoms with Crippen LogP contribution < -0.4 is 10.1 Å². The molecule has 1 aliphatic rings. The molecule has 1 aliphatic carbocycles. The van der Waals surface area contributed by atoms with Crippen LogP contribution in [0.5, 0.6) is 5.88 Å². The third-order valence-corrected chi connectivity index (χ3v) is 6.58. The largest absolute Gasteiger partial charge is 0.473 e. The third kappa shape index (κ3) is 4.62. The Morgan fingerprint density at radius 3 is 2.90 bits per heavy atom. The van der Waals surface area contributed by atoms with Crippen LogP contribution in [0.1, 0.15) is 47.8 Å². The zero-order valence-electron chi connectivity index (χ0n) is 17.9. The van der Waals surface area contributed by atoms with Gasteiger partial charge in [-0.2, -0.15) is 0 Å². The number of fused-ring (bicyclic) bond motifs is 1. The number of anilines is 2. The number of carbonyl (C=O) groups is 1. The van der Waals surface area contributed by atoms with Gasteiger partial charge in [-0.3, -0.25) is 0 Å². The number of nitrogens with zero attached hydrogens (tertiary/aromatic N) is 3. The van der Waals surface area contributed by atoms with Crippen molar-refractivity contribution in [2.24, 2.45) is 0 Å². The first-order valence-electron chi connectivity index (χ1n) is 10.4. The van der Waals surface area contributed by atoms with E-state index in [1.54, 1.807) is 20.2 Å². The molecule has 31 heavy (non-hydrogen) atoms. The van der Waals surface area contributed by atoms with Crippen molar-refractivity contribution < 1.29 is 19.0 Å². The second kappa shape index (κ2) is 9.57.